The van der Waals surface area contributed by atoms with Gasteiger partial charge in [0.15, 0.2) is 0 Å². The molecule has 0 radical (unpaired) electrons. The molecular weight excluding hydrogens is 276 g/mol. The number of rotatable bonds is 4. The Balaban J connectivity index is 3.50. The predicted octanol–water partition coefficient (Wildman–Crippen LogP) is 4.49. The first kappa shape index (κ1) is 18.7. The molecule has 1 unspecified atom stereocenters. The van der Waals surface area contributed by atoms with Crippen molar-refractivity contribution in [2.24, 2.45) is 16.7 Å². The van der Waals surface area contributed by atoms with Gasteiger partial charge in [-0.05, 0) is 10.8 Å². The SMILES string of the molecule is CCC(=O)OC(O)(c1ccccc1)C(C(C)(C)C)C(C)(C)C. The van der Waals surface area contributed by atoms with Crippen molar-refractivity contribution < 1.29 is 14.6 Å². The van der Waals surface area contributed by atoms with Crippen LogP contribution in [0.3, 0.4) is 0 Å². The topological polar surface area (TPSA) is 46.5 Å². The Hall–Kier alpha value is -1.35. The van der Waals surface area contributed by atoms with E-state index in [0.717, 1.165) is 0 Å². The summed E-state index contributed by atoms with van der Waals surface area (Å²) in [5, 5.41) is 11.5. The van der Waals surface area contributed by atoms with Gasteiger partial charge >= 0.3 is 5.97 Å². The van der Waals surface area contributed by atoms with Crippen molar-refractivity contribution in [1.82, 2.24) is 0 Å². The smallest absolute Gasteiger partial charge is 0.308 e. The third-order valence-electron chi connectivity index (χ3n) is 3.87. The molecule has 0 aliphatic heterocycles. The van der Waals surface area contributed by atoms with E-state index >= 15 is 0 Å². The Morgan fingerprint density at radius 2 is 1.50 bits per heavy atom. The minimum atomic E-state index is -1.65. The highest BCUT2D eigenvalue weighted by Gasteiger charge is 2.53. The van der Waals surface area contributed by atoms with Gasteiger partial charge in [0.1, 0.15) is 0 Å². The number of hydrogen-bond acceptors (Lipinski definition) is 3. The number of aliphatic hydroxyl groups is 1. The molecule has 0 saturated heterocycles. The van der Waals surface area contributed by atoms with Gasteiger partial charge in [-0.25, -0.2) is 0 Å². The van der Waals surface area contributed by atoms with Crippen molar-refractivity contribution in [2.75, 3.05) is 0 Å². The van der Waals surface area contributed by atoms with Crippen molar-refractivity contribution >= 4 is 5.97 Å². The fraction of sp³-hybridized carbons (Fsp3) is 0.632. The van der Waals surface area contributed by atoms with E-state index in [1.54, 1.807) is 6.92 Å². The lowest BCUT2D eigenvalue weighted by molar-refractivity contribution is -0.272. The Bertz CT molecular complexity index is 480. The molecule has 0 heterocycles. The molecule has 0 saturated carbocycles. The molecular formula is C19H30O3. The van der Waals surface area contributed by atoms with Gasteiger partial charge in [-0.15, -0.1) is 0 Å². The zero-order valence-corrected chi connectivity index (χ0v) is 14.9. The van der Waals surface area contributed by atoms with Gasteiger partial charge in [-0.2, -0.15) is 0 Å². The average Bonchev–Trinajstić information content (AvgIpc) is 2.35. The molecule has 0 aliphatic rings. The highest BCUT2D eigenvalue weighted by atomic mass is 16.7. The molecule has 0 aromatic heterocycles. The van der Waals surface area contributed by atoms with Crippen LogP contribution in [0, 0.1) is 16.7 Å². The fourth-order valence-corrected chi connectivity index (χ4v) is 3.68. The summed E-state index contributed by atoms with van der Waals surface area (Å²) in [7, 11) is 0. The van der Waals surface area contributed by atoms with E-state index < -0.39 is 11.8 Å². The van der Waals surface area contributed by atoms with E-state index in [4.69, 9.17) is 4.74 Å². The van der Waals surface area contributed by atoms with Crippen molar-refractivity contribution in [1.29, 1.82) is 0 Å². The summed E-state index contributed by atoms with van der Waals surface area (Å²) >= 11 is 0. The molecule has 1 aromatic rings. The third-order valence-corrected chi connectivity index (χ3v) is 3.87. The fourth-order valence-electron chi connectivity index (χ4n) is 3.68. The molecule has 1 rings (SSSR count). The molecule has 1 N–H and O–H groups in total. The van der Waals surface area contributed by atoms with Gasteiger partial charge in [-0.3, -0.25) is 4.79 Å². The monoisotopic (exact) mass is 306 g/mol. The van der Waals surface area contributed by atoms with E-state index in [-0.39, 0.29) is 23.2 Å². The molecule has 0 amide bonds. The van der Waals surface area contributed by atoms with Crippen molar-refractivity contribution in [3.63, 3.8) is 0 Å². The number of carbonyl (C=O) groups excluding carboxylic acids is 1. The van der Waals surface area contributed by atoms with Gasteiger partial charge in [0, 0.05) is 17.9 Å². The van der Waals surface area contributed by atoms with E-state index in [1.807, 2.05) is 30.3 Å². The predicted molar refractivity (Wildman–Crippen MR) is 89.1 cm³/mol. The van der Waals surface area contributed by atoms with Crippen LogP contribution < -0.4 is 0 Å². The van der Waals surface area contributed by atoms with Gasteiger partial charge < -0.3 is 9.84 Å². The van der Waals surface area contributed by atoms with Crippen molar-refractivity contribution in [2.45, 2.75) is 60.7 Å². The lowest BCUT2D eigenvalue weighted by Crippen LogP contribution is -2.51. The van der Waals surface area contributed by atoms with Crippen molar-refractivity contribution in [3.8, 4) is 0 Å². The summed E-state index contributed by atoms with van der Waals surface area (Å²) in [6.07, 6.45) is 0.232. The quantitative estimate of drug-likeness (QED) is 0.658. The summed E-state index contributed by atoms with van der Waals surface area (Å²) < 4.78 is 5.60. The van der Waals surface area contributed by atoms with Crippen LogP contribution in [0.5, 0.6) is 0 Å². The van der Waals surface area contributed by atoms with Gasteiger partial charge in [0.2, 0.25) is 5.79 Å². The van der Waals surface area contributed by atoms with E-state index in [9.17, 15) is 9.90 Å². The van der Waals surface area contributed by atoms with Crippen LogP contribution in [-0.4, -0.2) is 11.1 Å². The summed E-state index contributed by atoms with van der Waals surface area (Å²) in [6.45, 7) is 14.1. The maximum atomic E-state index is 12.0. The normalized spacial score (nSPS) is 15.5. The lowest BCUT2D eigenvalue weighted by atomic mass is 9.61. The minimum Gasteiger partial charge on any atom is -0.428 e. The number of carbonyl (C=O) groups is 1. The second kappa shape index (κ2) is 6.41. The largest absolute Gasteiger partial charge is 0.428 e. The lowest BCUT2D eigenvalue weighted by Gasteiger charge is -2.49. The third kappa shape index (κ3) is 4.10. The molecule has 1 atom stereocenters. The molecule has 22 heavy (non-hydrogen) atoms. The van der Waals surface area contributed by atoms with E-state index in [0.29, 0.717) is 5.56 Å². The standard InChI is InChI=1S/C19H30O3/c1-8-15(20)22-19(21,14-12-10-9-11-13-14)16(17(2,3)4)18(5,6)7/h9-13,16,21H,8H2,1-7H3. The summed E-state index contributed by atoms with van der Waals surface area (Å²) in [6, 6.07) is 9.21. The molecule has 0 aliphatic carbocycles. The molecule has 3 heteroatoms. The number of esters is 1. The second-order valence-electron chi connectivity index (χ2n) is 8.06. The Morgan fingerprint density at radius 1 is 1.05 bits per heavy atom. The van der Waals surface area contributed by atoms with Crippen LogP contribution in [0.2, 0.25) is 0 Å². The minimum absolute atomic E-state index is 0.232. The zero-order chi connectivity index (χ0) is 17.2. The number of hydrogen-bond donors (Lipinski definition) is 1. The maximum absolute atomic E-state index is 12.0. The molecule has 0 bridgehead atoms. The molecule has 124 valence electrons. The summed E-state index contributed by atoms with van der Waals surface area (Å²) in [4.78, 5) is 12.0. The molecule has 0 spiro atoms. The van der Waals surface area contributed by atoms with Crippen molar-refractivity contribution in [3.05, 3.63) is 35.9 Å². The zero-order valence-electron chi connectivity index (χ0n) is 14.9. The van der Waals surface area contributed by atoms with Crippen LogP contribution in [0.1, 0.15) is 60.5 Å². The first-order valence-corrected chi connectivity index (χ1v) is 7.92. The summed E-state index contributed by atoms with van der Waals surface area (Å²) in [5.74, 6) is -2.32. The van der Waals surface area contributed by atoms with Crippen LogP contribution in [0.25, 0.3) is 0 Å². The Morgan fingerprint density at radius 3 is 1.86 bits per heavy atom. The molecule has 3 nitrogen and oxygen atoms in total. The van der Waals surface area contributed by atoms with Crippen LogP contribution >= 0.6 is 0 Å². The highest BCUT2D eigenvalue weighted by molar-refractivity contribution is 5.69. The van der Waals surface area contributed by atoms with E-state index in [2.05, 4.69) is 41.5 Å². The first-order valence-electron chi connectivity index (χ1n) is 7.92. The maximum Gasteiger partial charge on any atom is 0.308 e. The second-order valence-corrected chi connectivity index (χ2v) is 8.06. The molecule has 0 fully saturated rings. The van der Waals surface area contributed by atoms with E-state index in [1.165, 1.54) is 0 Å². The van der Waals surface area contributed by atoms with Gasteiger partial charge in [-0.1, -0.05) is 78.8 Å². The van der Waals surface area contributed by atoms with Gasteiger partial charge in [0.05, 0.1) is 0 Å². The first-order chi connectivity index (χ1) is 9.93. The highest BCUT2D eigenvalue weighted by Crippen LogP contribution is 2.51. The van der Waals surface area contributed by atoms with Gasteiger partial charge in [0.25, 0.3) is 0 Å². The number of ether oxygens (including phenoxy) is 1. The van der Waals surface area contributed by atoms with Crippen LogP contribution in [0.15, 0.2) is 30.3 Å². The van der Waals surface area contributed by atoms with Crippen LogP contribution in [0.4, 0.5) is 0 Å². The summed E-state index contributed by atoms with van der Waals surface area (Å²) in [5.41, 5.74) is 0.111. The van der Waals surface area contributed by atoms with Crippen LogP contribution in [-0.2, 0) is 15.3 Å². The molecule has 1 aromatic carbocycles. The Labute approximate surface area is 134 Å². The average molecular weight is 306 g/mol. The Kier molecular flexibility index (Phi) is 5.45. The number of benzene rings is 1.